The second kappa shape index (κ2) is 9.72. The number of amides is 1. The van der Waals surface area contributed by atoms with Crippen LogP contribution in [0, 0.1) is 5.95 Å². The Balaban J connectivity index is 1.54. The zero-order valence-corrected chi connectivity index (χ0v) is 23.6. The fourth-order valence-electron chi connectivity index (χ4n) is 6.39. The van der Waals surface area contributed by atoms with Crippen molar-refractivity contribution in [3.05, 3.63) is 53.1 Å². The van der Waals surface area contributed by atoms with Gasteiger partial charge in [0.05, 0.1) is 59.7 Å². The molecule has 0 spiro atoms. The van der Waals surface area contributed by atoms with Crippen LogP contribution in [0.2, 0.25) is 0 Å². The number of H-pyrrole nitrogens is 1. The molecule has 4 bridgehead atoms. The van der Waals surface area contributed by atoms with Crippen LogP contribution in [0.15, 0.2) is 41.5 Å². The van der Waals surface area contributed by atoms with Crippen LogP contribution in [-0.4, -0.2) is 66.9 Å². The summed E-state index contributed by atoms with van der Waals surface area (Å²) in [4.78, 5) is 34.1. The number of benzene rings is 1. The van der Waals surface area contributed by atoms with Gasteiger partial charge in [-0.15, -0.1) is 5.10 Å². The Morgan fingerprint density at radius 2 is 2.00 bits per heavy atom. The number of aromatic amines is 1. The van der Waals surface area contributed by atoms with E-state index < -0.39 is 24.2 Å². The normalized spacial score (nSPS) is 21.9. The first-order valence-corrected chi connectivity index (χ1v) is 13.8. The van der Waals surface area contributed by atoms with Crippen LogP contribution in [-0.2, 0) is 23.6 Å². The van der Waals surface area contributed by atoms with E-state index in [2.05, 4.69) is 20.4 Å². The number of pyridine rings is 1. The highest BCUT2D eigenvalue weighted by atomic mass is 19.1. The summed E-state index contributed by atoms with van der Waals surface area (Å²) in [6.45, 7) is 2.19. The average Bonchev–Trinajstić information content (AvgIpc) is 3.70. The zero-order chi connectivity index (χ0) is 29.3. The van der Waals surface area contributed by atoms with Crippen molar-refractivity contribution in [2.24, 2.45) is 14.1 Å². The summed E-state index contributed by atoms with van der Waals surface area (Å²) >= 11 is 0. The lowest BCUT2D eigenvalue weighted by atomic mass is 9.99. The zero-order valence-electron chi connectivity index (χ0n) is 23.6. The number of halogens is 1. The summed E-state index contributed by atoms with van der Waals surface area (Å²) in [6, 6.07) is 6.82. The number of carbonyl (C=O) groups is 1. The molecule has 13 heteroatoms. The van der Waals surface area contributed by atoms with Crippen LogP contribution in [0.5, 0.6) is 5.75 Å². The molecule has 1 aliphatic carbocycles. The predicted molar refractivity (Wildman–Crippen MR) is 152 cm³/mol. The molecular weight excluding hydrogens is 545 g/mol. The van der Waals surface area contributed by atoms with Gasteiger partial charge in [-0.2, -0.15) is 4.39 Å². The van der Waals surface area contributed by atoms with E-state index in [9.17, 15) is 9.59 Å². The predicted octanol–water partition coefficient (Wildman–Crippen LogP) is 3.65. The van der Waals surface area contributed by atoms with Crippen LogP contribution in [0.4, 0.5) is 9.18 Å². The molecule has 1 saturated carbocycles. The van der Waals surface area contributed by atoms with Crippen molar-refractivity contribution in [3.8, 4) is 28.1 Å². The molecule has 0 saturated heterocycles. The second-order valence-electron chi connectivity index (χ2n) is 11.0. The van der Waals surface area contributed by atoms with Crippen LogP contribution in [0.25, 0.3) is 44.5 Å². The van der Waals surface area contributed by atoms with Gasteiger partial charge in [0.25, 0.3) is 0 Å². The number of nitrogens with one attached hydrogen (secondary N) is 2. The molecule has 6 heterocycles. The highest BCUT2D eigenvalue weighted by Gasteiger charge is 2.40. The Labute approximate surface area is 239 Å². The van der Waals surface area contributed by atoms with Gasteiger partial charge >= 0.3 is 11.8 Å². The molecule has 1 amide bonds. The standard InChI is InChI=1S/C29H30FN7O5/c1-14-13-41-21-10-16(9-19(21)32-28(38)40-4)37-25-20(36(3)29(37)39)11-31-27-23(25)22(15-5-7-17(42-14)8-6-15)24(33-27)18-12-35(2)34-26(18)30/h5-8,11-12,14,16,19,21H,9-10,13H2,1-4H3,(H,31,33)(H,32,38)/t14-,16-,19-,21-/m0/s1. The molecule has 12 nitrogen and oxygen atoms in total. The van der Waals surface area contributed by atoms with Gasteiger partial charge in [-0.05, 0) is 37.5 Å². The van der Waals surface area contributed by atoms with Gasteiger partial charge in [0.15, 0.2) is 0 Å². The number of hydrogen-bond donors (Lipinski definition) is 2. The lowest BCUT2D eigenvalue weighted by Crippen LogP contribution is -2.42. The maximum Gasteiger partial charge on any atom is 0.407 e. The van der Waals surface area contributed by atoms with Gasteiger partial charge in [-0.25, -0.2) is 14.6 Å². The number of imidazole rings is 1. The summed E-state index contributed by atoms with van der Waals surface area (Å²) in [5, 5.41) is 7.50. The van der Waals surface area contributed by atoms with E-state index in [0.717, 1.165) is 5.56 Å². The van der Waals surface area contributed by atoms with E-state index in [1.165, 1.54) is 11.8 Å². The number of carbonyl (C=O) groups excluding carboxylic acids is 1. The summed E-state index contributed by atoms with van der Waals surface area (Å²) in [6.07, 6.45) is 2.93. The quantitative estimate of drug-likeness (QED) is 0.329. The first-order valence-electron chi connectivity index (χ1n) is 13.8. The van der Waals surface area contributed by atoms with Crippen molar-refractivity contribution < 1.29 is 23.4 Å². The van der Waals surface area contributed by atoms with Crippen molar-refractivity contribution in [1.82, 2.24) is 34.2 Å². The molecule has 4 aromatic heterocycles. The fourth-order valence-corrected chi connectivity index (χ4v) is 6.39. The van der Waals surface area contributed by atoms with Gasteiger partial charge in [0.1, 0.15) is 17.5 Å². The van der Waals surface area contributed by atoms with E-state index >= 15 is 4.39 Å². The molecule has 4 atom stereocenters. The number of alkyl carbamates (subject to hydrolysis) is 1. The molecule has 0 unspecified atom stereocenters. The number of aromatic nitrogens is 6. The molecule has 3 aliphatic rings. The topological polar surface area (TPSA) is 130 Å². The second-order valence-corrected chi connectivity index (χ2v) is 11.0. The molecule has 2 aliphatic heterocycles. The third-order valence-corrected chi connectivity index (χ3v) is 8.28. The highest BCUT2D eigenvalue weighted by Crippen LogP contribution is 2.43. The van der Waals surface area contributed by atoms with Crippen molar-refractivity contribution in [3.63, 3.8) is 0 Å². The number of fused-ring (bicyclic) bond motifs is 5. The van der Waals surface area contributed by atoms with Crippen molar-refractivity contribution >= 4 is 28.2 Å². The number of nitrogens with zero attached hydrogens (tertiary/aromatic N) is 5. The number of hydrogen-bond acceptors (Lipinski definition) is 7. The Bertz CT molecular complexity index is 1900. The van der Waals surface area contributed by atoms with Gasteiger partial charge in [-0.3, -0.25) is 13.8 Å². The number of methoxy groups -OCH3 is 1. The van der Waals surface area contributed by atoms with E-state index in [4.69, 9.17) is 14.2 Å². The Morgan fingerprint density at radius 3 is 2.71 bits per heavy atom. The summed E-state index contributed by atoms with van der Waals surface area (Å²) in [7, 11) is 4.68. The Hall–Kier alpha value is -4.65. The van der Waals surface area contributed by atoms with Crippen LogP contribution in [0.1, 0.15) is 25.8 Å². The minimum absolute atomic E-state index is 0.223. The molecule has 1 fully saturated rings. The van der Waals surface area contributed by atoms with E-state index in [0.29, 0.717) is 51.9 Å². The smallest absolute Gasteiger partial charge is 0.407 e. The Morgan fingerprint density at radius 1 is 1.21 bits per heavy atom. The van der Waals surface area contributed by atoms with E-state index in [-0.39, 0.29) is 30.0 Å². The summed E-state index contributed by atoms with van der Waals surface area (Å²) in [5.41, 5.74) is 3.85. The lowest BCUT2D eigenvalue weighted by Gasteiger charge is -2.23. The number of rotatable bonds is 2. The van der Waals surface area contributed by atoms with E-state index in [1.54, 1.807) is 35.6 Å². The minimum atomic E-state index is -0.626. The molecule has 8 rings (SSSR count). The minimum Gasteiger partial charge on any atom is -0.488 e. The van der Waals surface area contributed by atoms with Crippen molar-refractivity contribution in [2.45, 2.75) is 44.1 Å². The van der Waals surface area contributed by atoms with Crippen LogP contribution >= 0.6 is 0 Å². The Kier molecular flexibility index (Phi) is 6.08. The highest BCUT2D eigenvalue weighted by molar-refractivity contribution is 6.14. The average molecular weight is 576 g/mol. The monoisotopic (exact) mass is 575 g/mol. The fraction of sp³-hybridized carbons (Fsp3) is 0.379. The van der Waals surface area contributed by atoms with Crippen molar-refractivity contribution in [1.29, 1.82) is 0 Å². The maximum absolute atomic E-state index is 15.2. The number of ether oxygens (including phenoxy) is 3. The van der Waals surface area contributed by atoms with Gasteiger partial charge in [0.2, 0.25) is 5.95 Å². The first-order chi connectivity index (χ1) is 20.2. The third-order valence-electron chi connectivity index (χ3n) is 8.28. The third kappa shape index (κ3) is 4.06. The summed E-state index contributed by atoms with van der Waals surface area (Å²) < 4.78 is 37.2. The largest absolute Gasteiger partial charge is 0.488 e. The molecular formula is C29H30FN7O5. The number of aryl methyl sites for hydroxylation is 2. The molecule has 5 aromatic rings. The molecule has 1 aromatic carbocycles. The molecule has 0 radical (unpaired) electrons. The summed E-state index contributed by atoms with van der Waals surface area (Å²) in [5.74, 6) is 0.0197. The SMILES string of the molecule is COC(=O)N[C@H]1C[C@H]2C[C@@H]1OC[C@H](C)Oc1ccc(cc1)-c1c(-c3cn(C)nc3F)[nH]c3ncc4c(c13)n2c(=O)n4C. The van der Waals surface area contributed by atoms with Gasteiger partial charge in [0, 0.05) is 31.9 Å². The van der Waals surface area contributed by atoms with Crippen molar-refractivity contribution in [2.75, 3.05) is 13.7 Å². The van der Waals surface area contributed by atoms with Crippen LogP contribution < -0.4 is 15.7 Å². The molecule has 2 N–H and O–H groups in total. The van der Waals surface area contributed by atoms with Gasteiger partial charge in [-0.1, -0.05) is 12.1 Å². The molecule has 42 heavy (non-hydrogen) atoms. The first kappa shape index (κ1) is 26.3. The lowest BCUT2D eigenvalue weighted by molar-refractivity contribution is -0.00360. The maximum atomic E-state index is 15.2. The van der Waals surface area contributed by atoms with Crippen LogP contribution in [0.3, 0.4) is 0 Å². The van der Waals surface area contributed by atoms with Gasteiger partial charge < -0.3 is 24.5 Å². The van der Waals surface area contributed by atoms with E-state index in [1.807, 2.05) is 31.2 Å². The molecule has 218 valence electrons.